The zero-order chi connectivity index (χ0) is 16.8. The summed E-state index contributed by atoms with van der Waals surface area (Å²) < 4.78 is 5.31. The highest BCUT2D eigenvalue weighted by Gasteiger charge is 2.14. The van der Waals surface area contributed by atoms with Crippen LogP contribution in [0.1, 0.15) is 28.4 Å². The highest BCUT2D eigenvalue weighted by Crippen LogP contribution is 2.10. The molecule has 1 aromatic heterocycles. The van der Waals surface area contributed by atoms with Crippen LogP contribution in [0.5, 0.6) is 0 Å². The molecule has 1 fully saturated rings. The van der Waals surface area contributed by atoms with E-state index in [1.165, 1.54) is 5.56 Å². The summed E-state index contributed by atoms with van der Waals surface area (Å²) in [4.78, 5) is 22.9. The number of nitrogens with one attached hydrogen (secondary N) is 1. The van der Waals surface area contributed by atoms with Gasteiger partial charge in [-0.25, -0.2) is 9.97 Å². The van der Waals surface area contributed by atoms with Gasteiger partial charge in [-0.2, -0.15) is 0 Å². The molecule has 0 aliphatic carbocycles. The summed E-state index contributed by atoms with van der Waals surface area (Å²) in [5, 5.41) is 2.90. The zero-order valence-corrected chi connectivity index (χ0v) is 13.9. The SMILES string of the molecule is CCc1ccc(CNC(=O)c2cnc(N3CCOCC3)nc2)cc1. The first kappa shape index (κ1) is 16.4. The molecular formula is C18H22N4O2. The molecule has 1 aliphatic heterocycles. The van der Waals surface area contributed by atoms with E-state index in [4.69, 9.17) is 4.74 Å². The summed E-state index contributed by atoms with van der Waals surface area (Å²) in [7, 11) is 0. The Hall–Kier alpha value is -2.47. The van der Waals surface area contributed by atoms with Gasteiger partial charge in [0, 0.05) is 32.0 Å². The van der Waals surface area contributed by atoms with Crippen LogP contribution in [0.25, 0.3) is 0 Å². The molecule has 1 aromatic carbocycles. The molecule has 0 bridgehead atoms. The Bertz CT molecular complexity index is 664. The third-order valence-corrected chi connectivity index (χ3v) is 4.08. The van der Waals surface area contributed by atoms with Gasteiger partial charge in [-0.1, -0.05) is 31.2 Å². The molecule has 2 aromatic rings. The van der Waals surface area contributed by atoms with E-state index in [0.29, 0.717) is 31.3 Å². The van der Waals surface area contributed by atoms with E-state index in [1.807, 2.05) is 12.1 Å². The Kier molecular flexibility index (Phi) is 5.38. The van der Waals surface area contributed by atoms with E-state index < -0.39 is 0 Å². The number of benzene rings is 1. The number of carbonyl (C=O) groups is 1. The van der Waals surface area contributed by atoms with Gasteiger partial charge in [0.1, 0.15) is 0 Å². The second kappa shape index (κ2) is 7.88. The Balaban J connectivity index is 1.56. The van der Waals surface area contributed by atoms with E-state index in [0.717, 1.165) is 25.1 Å². The largest absolute Gasteiger partial charge is 0.378 e. The normalized spacial score (nSPS) is 14.5. The molecule has 0 saturated carbocycles. The van der Waals surface area contributed by atoms with E-state index in [-0.39, 0.29) is 5.91 Å². The van der Waals surface area contributed by atoms with Crippen LogP contribution in [0.3, 0.4) is 0 Å². The maximum Gasteiger partial charge on any atom is 0.254 e. The molecule has 6 heteroatoms. The molecule has 0 spiro atoms. The first-order valence-corrected chi connectivity index (χ1v) is 8.27. The number of rotatable bonds is 5. The monoisotopic (exact) mass is 326 g/mol. The van der Waals surface area contributed by atoms with Crippen molar-refractivity contribution in [3.63, 3.8) is 0 Å². The summed E-state index contributed by atoms with van der Waals surface area (Å²) in [6, 6.07) is 8.25. The van der Waals surface area contributed by atoms with E-state index in [2.05, 4.69) is 39.2 Å². The van der Waals surface area contributed by atoms with Crippen LogP contribution >= 0.6 is 0 Å². The molecule has 6 nitrogen and oxygen atoms in total. The maximum atomic E-state index is 12.2. The van der Waals surface area contributed by atoms with Crippen LogP contribution in [0.15, 0.2) is 36.7 Å². The minimum atomic E-state index is -0.164. The first-order chi connectivity index (χ1) is 11.8. The Morgan fingerprint density at radius 2 is 1.75 bits per heavy atom. The number of amides is 1. The van der Waals surface area contributed by atoms with Crippen molar-refractivity contribution in [3.05, 3.63) is 53.3 Å². The van der Waals surface area contributed by atoms with Crippen LogP contribution in [-0.2, 0) is 17.7 Å². The highest BCUT2D eigenvalue weighted by molar-refractivity contribution is 5.93. The van der Waals surface area contributed by atoms with Crippen molar-refractivity contribution >= 4 is 11.9 Å². The smallest absolute Gasteiger partial charge is 0.254 e. The van der Waals surface area contributed by atoms with Gasteiger partial charge < -0.3 is 15.0 Å². The number of carbonyl (C=O) groups excluding carboxylic acids is 1. The fourth-order valence-corrected chi connectivity index (χ4v) is 2.54. The quantitative estimate of drug-likeness (QED) is 0.907. The van der Waals surface area contributed by atoms with Crippen molar-refractivity contribution in [1.29, 1.82) is 0 Å². The van der Waals surface area contributed by atoms with Crippen LogP contribution in [0, 0.1) is 0 Å². The molecule has 3 rings (SSSR count). The molecule has 24 heavy (non-hydrogen) atoms. The van der Waals surface area contributed by atoms with Gasteiger partial charge in [-0.15, -0.1) is 0 Å². The van der Waals surface area contributed by atoms with Crippen LogP contribution in [-0.4, -0.2) is 42.2 Å². The second-order valence-corrected chi connectivity index (χ2v) is 5.72. The summed E-state index contributed by atoms with van der Waals surface area (Å²) in [6.45, 7) is 5.54. The summed E-state index contributed by atoms with van der Waals surface area (Å²) in [6.07, 6.45) is 4.17. The van der Waals surface area contributed by atoms with Crippen LogP contribution in [0.2, 0.25) is 0 Å². The summed E-state index contributed by atoms with van der Waals surface area (Å²) in [5.74, 6) is 0.480. The predicted octanol–water partition coefficient (Wildman–Crippen LogP) is 1.81. The fraction of sp³-hybridized carbons (Fsp3) is 0.389. The zero-order valence-electron chi connectivity index (χ0n) is 13.9. The van der Waals surface area contributed by atoms with Gasteiger partial charge in [-0.3, -0.25) is 4.79 Å². The molecule has 1 saturated heterocycles. The first-order valence-electron chi connectivity index (χ1n) is 8.27. The minimum absolute atomic E-state index is 0.164. The molecule has 0 radical (unpaired) electrons. The number of aromatic nitrogens is 2. The maximum absolute atomic E-state index is 12.2. The molecule has 1 N–H and O–H groups in total. The number of morpholine rings is 1. The fourth-order valence-electron chi connectivity index (χ4n) is 2.54. The van der Waals surface area contributed by atoms with Crippen molar-refractivity contribution in [2.45, 2.75) is 19.9 Å². The standard InChI is InChI=1S/C18H22N4O2/c1-2-14-3-5-15(6-4-14)11-19-17(23)16-12-20-18(21-13-16)22-7-9-24-10-8-22/h3-6,12-13H,2,7-11H2,1H3,(H,19,23). The Morgan fingerprint density at radius 3 is 2.38 bits per heavy atom. The van der Waals surface area contributed by atoms with Gasteiger partial charge in [0.2, 0.25) is 5.95 Å². The van der Waals surface area contributed by atoms with Gasteiger partial charge in [0.15, 0.2) is 0 Å². The highest BCUT2D eigenvalue weighted by atomic mass is 16.5. The lowest BCUT2D eigenvalue weighted by atomic mass is 10.1. The molecule has 1 amide bonds. The van der Waals surface area contributed by atoms with Crippen molar-refractivity contribution in [2.24, 2.45) is 0 Å². The molecular weight excluding hydrogens is 304 g/mol. The topological polar surface area (TPSA) is 67.4 Å². The van der Waals surface area contributed by atoms with E-state index in [9.17, 15) is 4.79 Å². The van der Waals surface area contributed by atoms with Gasteiger partial charge in [-0.05, 0) is 17.5 Å². The lowest BCUT2D eigenvalue weighted by Gasteiger charge is -2.26. The van der Waals surface area contributed by atoms with Gasteiger partial charge in [0.05, 0.1) is 18.8 Å². The molecule has 0 unspecified atom stereocenters. The number of hydrogen-bond acceptors (Lipinski definition) is 5. The van der Waals surface area contributed by atoms with Crippen LogP contribution < -0.4 is 10.2 Å². The molecule has 1 aliphatic rings. The molecule has 0 atom stereocenters. The van der Waals surface area contributed by atoms with Crippen LogP contribution in [0.4, 0.5) is 5.95 Å². The number of hydrogen-bond donors (Lipinski definition) is 1. The minimum Gasteiger partial charge on any atom is -0.378 e. The van der Waals surface area contributed by atoms with Crippen molar-refractivity contribution in [2.75, 3.05) is 31.2 Å². The number of aryl methyl sites for hydroxylation is 1. The van der Waals surface area contributed by atoms with Crippen molar-refractivity contribution in [3.8, 4) is 0 Å². The number of anilines is 1. The lowest BCUT2D eigenvalue weighted by molar-refractivity contribution is 0.0950. The summed E-state index contributed by atoms with van der Waals surface area (Å²) >= 11 is 0. The summed E-state index contributed by atoms with van der Waals surface area (Å²) in [5.41, 5.74) is 2.83. The Morgan fingerprint density at radius 1 is 1.12 bits per heavy atom. The average Bonchev–Trinajstić information content (AvgIpc) is 2.67. The van der Waals surface area contributed by atoms with E-state index >= 15 is 0 Å². The third kappa shape index (κ3) is 4.08. The third-order valence-electron chi connectivity index (χ3n) is 4.08. The Labute approximate surface area is 141 Å². The van der Waals surface area contributed by atoms with Gasteiger partial charge in [0.25, 0.3) is 5.91 Å². The lowest BCUT2D eigenvalue weighted by Crippen LogP contribution is -2.37. The number of ether oxygens (including phenoxy) is 1. The number of nitrogens with zero attached hydrogens (tertiary/aromatic N) is 3. The van der Waals surface area contributed by atoms with Crippen molar-refractivity contribution in [1.82, 2.24) is 15.3 Å². The second-order valence-electron chi connectivity index (χ2n) is 5.72. The van der Waals surface area contributed by atoms with Gasteiger partial charge >= 0.3 is 0 Å². The van der Waals surface area contributed by atoms with E-state index in [1.54, 1.807) is 12.4 Å². The molecule has 2 heterocycles. The predicted molar refractivity (Wildman–Crippen MR) is 92.1 cm³/mol. The molecule has 126 valence electrons. The average molecular weight is 326 g/mol. The van der Waals surface area contributed by atoms with Crippen molar-refractivity contribution < 1.29 is 9.53 Å².